The Bertz CT molecular complexity index is 1090. The molecule has 0 aliphatic carbocycles. The van der Waals surface area contributed by atoms with Crippen LogP contribution in [0.25, 0.3) is 5.57 Å². The molecular formula is C24H29N3O3S. The van der Waals surface area contributed by atoms with Crippen molar-refractivity contribution in [2.45, 2.75) is 38.5 Å². The molecule has 2 aromatic carbocycles. The highest BCUT2D eigenvalue weighted by Gasteiger charge is 2.27. The van der Waals surface area contributed by atoms with Crippen LogP contribution < -0.4 is 5.32 Å². The van der Waals surface area contributed by atoms with E-state index in [2.05, 4.69) is 17.4 Å². The van der Waals surface area contributed by atoms with Crippen molar-refractivity contribution in [1.82, 2.24) is 9.21 Å². The van der Waals surface area contributed by atoms with Crippen LogP contribution in [0, 0.1) is 0 Å². The van der Waals surface area contributed by atoms with E-state index in [1.165, 1.54) is 11.1 Å². The van der Waals surface area contributed by atoms with E-state index >= 15 is 0 Å². The summed E-state index contributed by atoms with van der Waals surface area (Å²) in [6.07, 6.45) is 3.55. The molecule has 2 amide bonds. The van der Waals surface area contributed by atoms with Gasteiger partial charge in [-0.25, -0.2) is 13.2 Å². The summed E-state index contributed by atoms with van der Waals surface area (Å²) in [5, 5.41) is 2.59. The molecule has 0 saturated carbocycles. The van der Waals surface area contributed by atoms with Gasteiger partial charge in [0.25, 0.3) is 0 Å². The first-order valence-electron chi connectivity index (χ1n) is 10.8. The Morgan fingerprint density at radius 1 is 0.968 bits per heavy atom. The summed E-state index contributed by atoms with van der Waals surface area (Å²) < 4.78 is 26.2. The van der Waals surface area contributed by atoms with Gasteiger partial charge in [-0.2, -0.15) is 4.31 Å². The van der Waals surface area contributed by atoms with Gasteiger partial charge in [-0.15, -0.1) is 0 Å². The summed E-state index contributed by atoms with van der Waals surface area (Å²) in [4.78, 5) is 14.5. The molecular weight excluding hydrogens is 410 g/mol. The van der Waals surface area contributed by atoms with Crippen molar-refractivity contribution in [2.24, 2.45) is 0 Å². The number of hydrogen-bond acceptors (Lipinski definition) is 3. The van der Waals surface area contributed by atoms with E-state index in [4.69, 9.17) is 0 Å². The van der Waals surface area contributed by atoms with E-state index in [1.807, 2.05) is 47.4 Å². The quantitative estimate of drug-likeness (QED) is 0.780. The molecule has 0 aromatic heterocycles. The molecule has 1 N–H and O–H groups in total. The van der Waals surface area contributed by atoms with E-state index in [-0.39, 0.29) is 6.03 Å². The molecule has 0 unspecified atom stereocenters. The lowest BCUT2D eigenvalue weighted by atomic mass is 10.00. The fourth-order valence-electron chi connectivity index (χ4n) is 4.08. The monoisotopic (exact) mass is 439 g/mol. The van der Waals surface area contributed by atoms with Crippen LogP contribution in [0.5, 0.6) is 0 Å². The highest BCUT2D eigenvalue weighted by molar-refractivity contribution is 7.89. The maximum Gasteiger partial charge on any atom is 0.322 e. The highest BCUT2D eigenvalue weighted by atomic mass is 32.2. The lowest BCUT2D eigenvalue weighted by molar-refractivity contribution is 0.206. The molecule has 2 aliphatic rings. The predicted octanol–water partition coefficient (Wildman–Crippen LogP) is 4.10. The second-order valence-corrected chi connectivity index (χ2v) is 10.9. The third-order valence-corrected chi connectivity index (χ3v) is 8.30. The highest BCUT2D eigenvalue weighted by Crippen LogP contribution is 2.26. The molecule has 0 atom stereocenters. The molecule has 6 nitrogen and oxygen atoms in total. The van der Waals surface area contributed by atoms with E-state index in [0.29, 0.717) is 32.6 Å². The molecule has 2 aromatic rings. The number of amides is 2. The molecule has 4 rings (SSSR count). The van der Waals surface area contributed by atoms with Gasteiger partial charge in [-0.3, -0.25) is 0 Å². The van der Waals surface area contributed by atoms with Crippen LogP contribution >= 0.6 is 0 Å². The molecule has 0 saturated heterocycles. The number of benzene rings is 2. The first-order valence-corrected chi connectivity index (χ1v) is 12.3. The van der Waals surface area contributed by atoms with Crippen LogP contribution in [0.2, 0.25) is 0 Å². The molecule has 0 fully saturated rings. The number of urea groups is 1. The first-order chi connectivity index (χ1) is 14.8. The zero-order valence-electron chi connectivity index (χ0n) is 18.0. The zero-order chi connectivity index (χ0) is 22.0. The molecule has 164 valence electrons. The number of anilines is 1. The third-order valence-electron chi connectivity index (χ3n) is 6.05. The molecule has 2 aliphatic heterocycles. The summed E-state index contributed by atoms with van der Waals surface area (Å²) in [6.45, 7) is 5.67. The summed E-state index contributed by atoms with van der Waals surface area (Å²) >= 11 is 0. The Hall–Kier alpha value is -2.64. The van der Waals surface area contributed by atoms with Gasteiger partial charge in [0.1, 0.15) is 0 Å². The SMILES string of the molecule is CC(C)S(=O)(=O)N1CC=C(c2ccc(NC(=O)N3CCc4ccccc4C3)cc2)CC1. The van der Waals surface area contributed by atoms with Gasteiger partial charge < -0.3 is 10.2 Å². The Balaban J connectivity index is 1.37. The lowest BCUT2D eigenvalue weighted by Crippen LogP contribution is -2.39. The lowest BCUT2D eigenvalue weighted by Gasteiger charge is -2.29. The van der Waals surface area contributed by atoms with E-state index in [9.17, 15) is 13.2 Å². The van der Waals surface area contributed by atoms with Crippen LogP contribution in [0.1, 0.15) is 37.0 Å². The van der Waals surface area contributed by atoms with Crippen molar-refractivity contribution in [1.29, 1.82) is 0 Å². The summed E-state index contributed by atoms with van der Waals surface area (Å²) in [5.74, 6) is 0. The van der Waals surface area contributed by atoms with Crippen LogP contribution in [0.4, 0.5) is 10.5 Å². The topological polar surface area (TPSA) is 69.7 Å². The Kier molecular flexibility index (Phi) is 6.16. The van der Waals surface area contributed by atoms with E-state index < -0.39 is 15.3 Å². The van der Waals surface area contributed by atoms with Crippen molar-refractivity contribution in [3.8, 4) is 0 Å². The predicted molar refractivity (Wildman–Crippen MR) is 124 cm³/mol. The summed E-state index contributed by atoms with van der Waals surface area (Å²) in [5.41, 5.74) is 5.48. The van der Waals surface area contributed by atoms with Gasteiger partial charge in [0, 0.05) is 31.9 Å². The number of rotatable bonds is 4. The zero-order valence-corrected chi connectivity index (χ0v) is 18.9. The second kappa shape index (κ2) is 8.85. The van der Waals surface area contributed by atoms with Crippen LogP contribution in [0.15, 0.2) is 54.6 Å². The summed E-state index contributed by atoms with van der Waals surface area (Å²) in [6, 6.07) is 15.9. The molecule has 0 bridgehead atoms. The first kappa shape index (κ1) is 21.6. The standard InChI is InChI=1S/C24H29N3O3S/c1-18(2)31(29,30)27-15-12-21(13-16-27)20-7-9-23(10-8-20)25-24(28)26-14-11-19-5-3-4-6-22(19)17-26/h3-10,12,18H,11,13-17H2,1-2H3,(H,25,28). The maximum absolute atomic E-state index is 12.7. The van der Waals surface area contributed by atoms with Gasteiger partial charge in [0.15, 0.2) is 0 Å². The number of sulfonamides is 1. The van der Waals surface area contributed by atoms with E-state index in [0.717, 1.165) is 23.2 Å². The average molecular weight is 440 g/mol. The fraction of sp³-hybridized carbons (Fsp3) is 0.375. The van der Waals surface area contributed by atoms with Crippen molar-refractivity contribution >= 4 is 27.3 Å². The van der Waals surface area contributed by atoms with Crippen LogP contribution in [-0.2, 0) is 23.0 Å². The van der Waals surface area contributed by atoms with Crippen molar-refractivity contribution in [3.05, 3.63) is 71.3 Å². The Labute approximate surface area is 184 Å². The molecule has 31 heavy (non-hydrogen) atoms. The van der Waals surface area contributed by atoms with Gasteiger partial charge in [-0.05, 0) is 61.1 Å². The number of nitrogens with one attached hydrogen (secondary N) is 1. The minimum Gasteiger partial charge on any atom is -0.320 e. The van der Waals surface area contributed by atoms with Crippen molar-refractivity contribution in [3.63, 3.8) is 0 Å². The van der Waals surface area contributed by atoms with Crippen LogP contribution in [-0.4, -0.2) is 48.5 Å². The molecule has 2 heterocycles. The van der Waals surface area contributed by atoms with Gasteiger partial charge in [-0.1, -0.05) is 42.5 Å². The number of carbonyl (C=O) groups excluding carboxylic acids is 1. The van der Waals surface area contributed by atoms with Gasteiger partial charge >= 0.3 is 6.03 Å². The maximum atomic E-state index is 12.7. The Morgan fingerprint density at radius 3 is 2.32 bits per heavy atom. The summed E-state index contributed by atoms with van der Waals surface area (Å²) in [7, 11) is -3.22. The van der Waals surface area contributed by atoms with Crippen LogP contribution in [0.3, 0.4) is 0 Å². The van der Waals surface area contributed by atoms with Gasteiger partial charge in [0.2, 0.25) is 10.0 Å². The number of fused-ring (bicyclic) bond motifs is 1. The smallest absolute Gasteiger partial charge is 0.320 e. The number of hydrogen-bond donors (Lipinski definition) is 1. The third kappa shape index (κ3) is 4.67. The average Bonchev–Trinajstić information content (AvgIpc) is 2.79. The molecule has 0 radical (unpaired) electrons. The van der Waals surface area contributed by atoms with Crippen molar-refractivity contribution < 1.29 is 13.2 Å². The Morgan fingerprint density at radius 2 is 1.68 bits per heavy atom. The number of carbonyl (C=O) groups is 1. The normalized spacial score (nSPS) is 17.3. The molecule has 0 spiro atoms. The largest absolute Gasteiger partial charge is 0.322 e. The fourth-order valence-corrected chi connectivity index (χ4v) is 5.31. The number of nitrogens with zero attached hydrogens (tertiary/aromatic N) is 2. The second-order valence-electron chi connectivity index (χ2n) is 8.38. The minimum atomic E-state index is -3.22. The van der Waals surface area contributed by atoms with Gasteiger partial charge in [0.05, 0.1) is 5.25 Å². The van der Waals surface area contributed by atoms with E-state index in [1.54, 1.807) is 18.2 Å². The van der Waals surface area contributed by atoms with Crippen molar-refractivity contribution in [2.75, 3.05) is 25.0 Å². The minimum absolute atomic E-state index is 0.0892. The molecule has 7 heteroatoms.